The third-order valence-electron chi connectivity index (χ3n) is 1.19. The van der Waals surface area contributed by atoms with Crippen LogP contribution in [0.4, 0.5) is 5.82 Å². The molecule has 0 radical (unpaired) electrons. The van der Waals surface area contributed by atoms with Gasteiger partial charge in [-0.15, -0.1) is 0 Å². The lowest BCUT2D eigenvalue weighted by Gasteiger charge is -1.95. The molecule has 0 aromatic carbocycles. The van der Waals surface area contributed by atoms with Crippen LogP contribution in [0.3, 0.4) is 0 Å². The molecule has 6 N–H and O–H groups in total. The van der Waals surface area contributed by atoms with Crippen molar-refractivity contribution >= 4 is 17.4 Å². The number of aromatic nitrogens is 2. The summed E-state index contributed by atoms with van der Waals surface area (Å²) in [4.78, 5) is 0. The van der Waals surface area contributed by atoms with Gasteiger partial charge < -0.3 is 21.9 Å². The molecule has 0 aliphatic carbocycles. The van der Waals surface area contributed by atoms with E-state index in [9.17, 15) is 0 Å². The Labute approximate surface area is 71.3 Å². The minimum Gasteiger partial charge on any atom is -0.410 e. The van der Waals surface area contributed by atoms with Crippen LogP contribution in [0.15, 0.2) is 14.9 Å². The van der Waals surface area contributed by atoms with Crippen molar-refractivity contribution in [3.8, 4) is 0 Å². The van der Waals surface area contributed by atoms with Crippen molar-refractivity contribution in [3.63, 3.8) is 0 Å². The van der Waals surface area contributed by atoms with Crippen LogP contribution in [0.1, 0.15) is 5.69 Å². The van der Waals surface area contributed by atoms with Gasteiger partial charge in [-0.25, -0.2) is 4.63 Å². The maximum atomic E-state index is 8.47. The molecule has 0 saturated heterocycles. The minimum absolute atomic E-state index is 0.0993. The monoisotopic (exact) mass is 186 g/mol. The van der Waals surface area contributed by atoms with E-state index in [0.29, 0.717) is 0 Å². The normalized spacial score (nSPS) is 13.2. The first kappa shape index (κ1) is 8.77. The van der Waals surface area contributed by atoms with E-state index in [1.807, 2.05) is 0 Å². The predicted molar refractivity (Wildman–Crippen MR) is 40.4 cm³/mol. The molecule has 0 fully saturated rings. The van der Waals surface area contributed by atoms with E-state index < -0.39 is 5.84 Å². The summed E-state index contributed by atoms with van der Waals surface area (Å²) in [6.45, 7) is 0. The van der Waals surface area contributed by atoms with Crippen molar-refractivity contribution in [2.45, 2.75) is 0 Å². The molecule has 9 heteroatoms. The molecule has 0 unspecified atom stereocenters. The fraction of sp³-hybridized carbons (Fsp3) is 0. The summed E-state index contributed by atoms with van der Waals surface area (Å²) in [5, 5.41) is 28.6. The zero-order valence-electron chi connectivity index (χ0n) is 6.25. The summed E-state index contributed by atoms with van der Waals surface area (Å²) in [5.74, 6) is -0.579. The Bertz CT molecular complexity index is 355. The van der Waals surface area contributed by atoms with E-state index in [0.717, 1.165) is 0 Å². The number of hydrogen-bond donors (Lipinski definition) is 4. The van der Waals surface area contributed by atoms with Crippen molar-refractivity contribution in [3.05, 3.63) is 5.69 Å². The third-order valence-corrected chi connectivity index (χ3v) is 1.19. The quantitative estimate of drug-likeness (QED) is 0.191. The van der Waals surface area contributed by atoms with Gasteiger partial charge in [0.2, 0.25) is 0 Å². The van der Waals surface area contributed by atoms with Crippen molar-refractivity contribution in [1.82, 2.24) is 10.3 Å². The van der Waals surface area contributed by atoms with Gasteiger partial charge in [-0.05, 0) is 10.3 Å². The number of nitrogen functional groups attached to an aromatic ring is 1. The average molecular weight is 186 g/mol. The highest BCUT2D eigenvalue weighted by Gasteiger charge is 2.18. The van der Waals surface area contributed by atoms with E-state index >= 15 is 0 Å². The summed E-state index contributed by atoms with van der Waals surface area (Å²) in [6.07, 6.45) is 0. The Kier molecular flexibility index (Phi) is 2.28. The van der Waals surface area contributed by atoms with Gasteiger partial charge in [0.15, 0.2) is 23.1 Å². The first-order chi connectivity index (χ1) is 6.20. The number of nitrogens with zero attached hydrogens (tertiary/aromatic N) is 4. The van der Waals surface area contributed by atoms with E-state index in [4.69, 9.17) is 21.9 Å². The van der Waals surface area contributed by atoms with E-state index in [-0.39, 0.29) is 17.2 Å². The lowest BCUT2D eigenvalue weighted by Crippen LogP contribution is -2.26. The van der Waals surface area contributed by atoms with Crippen LogP contribution >= 0.6 is 0 Å². The number of amidine groups is 1. The molecule has 1 heterocycles. The van der Waals surface area contributed by atoms with Crippen LogP contribution in [0.2, 0.25) is 0 Å². The van der Waals surface area contributed by atoms with Gasteiger partial charge in [0.05, 0.1) is 0 Å². The van der Waals surface area contributed by atoms with Gasteiger partial charge in [-0.1, -0.05) is 10.3 Å². The zero-order chi connectivity index (χ0) is 9.84. The molecule has 1 aromatic heterocycles. The minimum atomic E-state index is -0.454. The second kappa shape index (κ2) is 3.38. The molecule has 0 aliphatic rings. The van der Waals surface area contributed by atoms with Crippen LogP contribution in [-0.4, -0.2) is 32.3 Å². The van der Waals surface area contributed by atoms with Crippen LogP contribution in [0.5, 0.6) is 0 Å². The zero-order valence-corrected chi connectivity index (χ0v) is 6.25. The first-order valence-corrected chi connectivity index (χ1v) is 2.99. The van der Waals surface area contributed by atoms with Crippen molar-refractivity contribution < 1.29 is 15.0 Å². The first-order valence-electron chi connectivity index (χ1n) is 2.99. The fourth-order valence-electron chi connectivity index (χ4n) is 0.627. The smallest absolute Gasteiger partial charge is 0.198 e. The Morgan fingerprint density at radius 1 is 1.31 bits per heavy atom. The molecule has 1 rings (SSSR count). The molecule has 9 nitrogen and oxygen atoms in total. The van der Waals surface area contributed by atoms with Crippen molar-refractivity contribution in [2.24, 2.45) is 16.0 Å². The lowest BCUT2D eigenvalue weighted by molar-refractivity contribution is 0.304. The molecule has 0 atom stereocenters. The fourth-order valence-corrected chi connectivity index (χ4v) is 0.627. The molecule has 0 aliphatic heterocycles. The molecule has 0 saturated carbocycles. The van der Waals surface area contributed by atoms with E-state index in [1.165, 1.54) is 0 Å². The van der Waals surface area contributed by atoms with Gasteiger partial charge in [0.25, 0.3) is 0 Å². The largest absolute Gasteiger partial charge is 0.410 e. The number of oxime groups is 2. The summed E-state index contributed by atoms with van der Waals surface area (Å²) < 4.78 is 4.21. The number of nitrogens with two attached hydrogens (primary N) is 2. The highest BCUT2D eigenvalue weighted by Crippen LogP contribution is 2.05. The topological polar surface area (TPSA) is 156 Å². The number of hydrogen-bond acceptors (Lipinski definition) is 8. The maximum absolute atomic E-state index is 8.47. The second-order valence-corrected chi connectivity index (χ2v) is 1.93. The van der Waals surface area contributed by atoms with E-state index in [1.54, 1.807) is 0 Å². The number of rotatable bonds is 2. The molecule has 0 bridgehead atoms. The van der Waals surface area contributed by atoms with Gasteiger partial charge >= 0.3 is 0 Å². The summed E-state index contributed by atoms with van der Waals surface area (Å²) in [7, 11) is 0. The number of anilines is 1. The Balaban J connectivity index is 3.14. The van der Waals surface area contributed by atoms with Crippen LogP contribution < -0.4 is 11.5 Å². The van der Waals surface area contributed by atoms with Crippen LogP contribution in [-0.2, 0) is 0 Å². The molecular formula is C4H6N6O3. The second-order valence-electron chi connectivity index (χ2n) is 1.93. The molecule has 0 spiro atoms. The highest BCUT2D eigenvalue weighted by atomic mass is 16.6. The predicted octanol–water partition coefficient (Wildman–Crippen LogP) is -1.42. The average Bonchev–Trinajstić information content (AvgIpc) is 2.53. The SMILES string of the molecule is NC(=N/O)/C(=N\O)c1nonc1N. The highest BCUT2D eigenvalue weighted by molar-refractivity contribution is 6.47. The van der Waals surface area contributed by atoms with Crippen LogP contribution in [0, 0.1) is 0 Å². The van der Waals surface area contributed by atoms with Gasteiger partial charge in [-0.3, -0.25) is 0 Å². The molecule has 1 aromatic rings. The molecule has 13 heavy (non-hydrogen) atoms. The summed E-state index contributed by atoms with van der Waals surface area (Å²) in [6, 6.07) is 0. The Hall–Kier alpha value is -2.32. The van der Waals surface area contributed by atoms with Crippen molar-refractivity contribution in [2.75, 3.05) is 5.73 Å². The molecule has 70 valence electrons. The standard InChI is InChI=1S/C4H6N6O3/c5-3(8-12)1(7-11)2-4(6)10-13-9-2/h11-12H,(H2,5,8)(H2,6,10)/b7-1-. The molecular weight excluding hydrogens is 180 g/mol. The van der Waals surface area contributed by atoms with Crippen LogP contribution in [0.25, 0.3) is 0 Å². The third kappa shape index (κ3) is 1.47. The summed E-state index contributed by atoms with van der Waals surface area (Å²) >= 11 is 0. The summed E-state index contributed by atoms with van der Waals surface area (Å²) in [5.41, 5.74) is 9.97. The Morgan fingerprint density at radius 3 is 2.38 bits per heavy atom. The van der Waals surface area contributed by atoms with Crippen molar-refractivity contribution in [1.29, 1.82) is 0 Å². The van der Waals surface area contributed by atoms with Gasteiger partial charge in [0, 0.05) is 0 Å². The lowest BCUT2D eigenvalue weighted by atomic mass is 10.2. The molecule has 0 amide bonds. The van der Waals surface area contributed by atoms with E-state index in [2.05, 4.69) is 25.3 Å². The maximum Gasteiger partial charge on any atom is 0.198 e. The van der Waals surface area contributed by atoms with Gasteiger partial charge in [0.1, 0.15) is 0 Å². The Morgan fingerprint density at radius 2 is 2.00 bits per heavy atom. The van der Waals surface area contributed by atoms with Gasteiger partial charge in [-0.2, -0.15) is 0 Å².